The molecule has 0 bridgehead atoms. The molecule has 98 valence electrons. The van der Waals surface area contributed by atoms with Gasteiger partial charge in [-0.25, -0.2) is 4.98 Å². The predicted octanol–water partition coefficient (Wildman–Crippen LogP) is 2.57. The monoisotopic (exact) mass is 255 g/mol. The van der Waals surface area contributed by atoms with Crippen LogP contribution >= 0.6 is 11.8 Å². The van der Waals surface area contributed by atoms with Crippen LogP contribution in [-0.2, 0) is 13.0 Å². The molecular formula is C13H25N3S. The van der Waals surface area contributed by atoms with Crippen LogP contribution in [0, 0.1) is 0 Å². The molecule has 0 radical (unpaired) electrons. The van der Waals surface area contributed by atoms with E-state index in [0.717, 1.165) is 24.0 Å². The molecule has 2 atom stereocenters. The molecule has 0 spiro atoms. The third-order valence-electron chi connectivity index (χ3n) is 3.14. The van der Waals surface area contributed by atoms with E-state index in [9.17, 15) is 0 Å². The second kappa shape index (κ2) is 7.77. The van der Waals surface area contributed by atoms with Crippen LogP contribution in [0.25, 0.3) is 0 Å². The second-order valence-electron chi connectivity index (χ2n) is 4.37. The molecule has 0 fully saturated rings. The molecule has 1 rings (SSSR count). The summed E-state index contributed by atoms with van der Waals surface area (Å²) in [6.07, 6.45) is 6.21. The first-order chi connectivity index (χ1) is 8.21. The maximum Gasteiger partial charge on any atom is 0.110 e. The Morgan fingerprint density at radius 1 is 1.47 bits per heavy atom. The highest BCUT2D eigenvalue weighted by atomic mass is 32.2. The molecule has 0 aliphatic carbocycles. The van der Waals surface area contributed by atoms with Gasteiger partial charge in [-0.15, -0.1) is 0 Å². The van der Waals surface area contributed by atoms with Crippen LogP contribution in [0.5, 0.6) is 0 Å². The van der Waals surface area contributed by atoms with Gasteiger partial charge in [0.05, 0.1) is 0 Å². The van der Waals surface area contributed by atoms with Crippen LogP contribution in [0.3, 0.4) is 0 Å². The zero-order valence-corrected chi connectivity index (χ0v) is 12.3. The number of imidazole rings is 1. The number of likely N-dealkylation sites (N-methyl/N-ethyl adjacent to an activating group) is 1. The van der Waals surface area contributed by atoms with Gasteiger partial charge >= 0.3 is 0 Å². The van der Waals surface area contributed by atoms with Crippen LogP contribution in [0.1, 0.15) is 33.0 Å². The van der Waals surface area contributed by atoms with E-state index >= 15 is 0 Å². The lowest BCUT2D eigenvalue weighted by Gasteiger charge is -2.18. The van der Waals surface area contributed by atoms with Crippen molar-refractivity contribution in [1.29, 1.82) is 0 Å². The second-order valence-corrected chi connectivity index (χ2v) is 5.84. The Hall–Kier alpha value is -0.480. The van der Waals surface area contributed by atoms with Crippen molar-refractivity contribution < 1.29 is 0 Å². The molecule has 0 saturated heterocycles. The minimum absolute atomic E-state index is 0.515. The molecule has 3 nitrogen and oxygen atoms in total. The summed E-state index contributed by atoms with van der Waals surface area (Å²) in [6, 6.07) is 0.515. The minimum Gasteiger partial charge on any atom is -0.335 e. The lowest BCUT2D eigenvalue weighted by atomic mass is 10.2. The number of nitrogens with zero attached hydrogens (tertiary/aromatic N) is 2. The van der Waals surface area contributed by atoms with Gasteiger partial charge in [0.25, 0.3) is 0 Å². The molecule has 4 heteroatoms. The summed E-state index contributed by atoms with van der Waals surface area (Å²) in [5, 5.41) is 4.14. The Morgan fingerprint density at radius 3 is 2.82 bits per heavy atom. The predicted molar refractivity (Wildman–Crippen MR) is 76.7 cm³/mol. The highest BCUT2D eigenvalue weighted by Crippen LogP contribution is 2.16. The van der Waals surface area contributed by atoms with Gasteiger partial charge in [0.1, 0.15) is 5.82 Å². The molecule has 0 amide bonds. The van der Waals surface area contributed by atoms with E-state index in [1.54, 1.807) is 0 Å². The minimum atomic E-state index is 0.515. The average Bonchev–Trinajstić information content (AvgIpc) is 2.80. The van der Waals surface area contributed by atoms with Gasteiger partial charge < -0.3 is 9.88 Å². The number of rotatable bonds is 8. The quantitative estimate of drug-likeness (QED) is 0.774. The topological polar surface area (TPSA) is 29.9 Å². The van der Waals surface area contributed by atoms with Gasteiger partial charge in [-0.2, -0.15) is 11.8 Å². The standard InChI is InChI=1S/C13H25N3S/c1-5-11(3)17-10-12(14-4)9-13-15-7-8-16(13)6-2/h7-8,11-12,14H,5-6,9-10H2,1-4H3. The maximum atomic E-state index is 4.44. The maximum absolute atomic E-state index is 4.44. The van der Waals surface area contributed by atoms with Gasteiger partial charge in [-0.05, 0) is 20.4 Å². The summed E-state index contributed by atoms with van der Waals surface area (Å²) in [7, 11) is 2.04. The lowest BCUT2D eigenvalue weighted by Crippen LogP contribution is -2.31. The van der Waals surface area contributed by atoms with Crippen molar-refractivity contribution in [2.75, 3.05) is 12.8 Å². The van der Waals surface area contributed by atoms with Crippen LogP contribution in [-0.4, -0.2) is 33.6 Å². The van der Waals surface area contributed by atoms with Crippen LogP contribution < -0.4 is 5.32 Å². The molecule has 2 unspecified atom stereocenters. The third kappa shape index (κ3) is 4.72. The van der Waals surface area contributed by atoms with E-state index in [4.69, 9.17) is 0 Å². The molecule has 1 heterocycles. The normalized spacial score (nSPS) is 14.8. The molecule has 0 aliphatic rings. The first-order valence-electron chi connectivity index (χ1n) is 6.50. The summed E-state index contributed by atoms with van der Waals surface area (Å²) in [5.74, 6) is 2.35. The van der Waals surface area contributed by atoms with Crippen LogP contribution in [0.15, 0.2) is 12.4 Å². The number of nitrogens with one attached hydrogen (secondary N) is 1. The van der Waals surface area contributed by atoms with Crippen molar-refractivity contribution in [2.45, 2.75) is 51.4 Å². The Kier molecular flexibility index (Phi) is 6.66. The van der Waals surface area contributed by atoms with E-state index in [1.165, 1.54) is 12.2 Å². The van der Waals surface area contributed by atoms with Gasteiger partial charge in [0.2, 0.25) is 0 Å². The molecule has 1 aromatic rings. The number of hydrogen-bond donors (Lipinski definition) is 1. The Morgan fingerprint density at radius 2 is 2.24 bits per heavy atom. The molecule has 17 heavy (non-hydrogen) atoms. The SMILES string of the molecule is CCC(C)SCC(Cc1nccn1CC)NC. The molecule has 1 N–H and O–H groups in total. The summed E-state index contributed by atoms with van der Waals surface area (Å²) in [6.45, 7) is 7.71. The third-order valence-corrected chi connectivity index (χ3v) is 4.63. The summed E-state index contributed by atoms with van der Waals surface area (Å²) >= 11 is 2.04. The van der Waals surface area contributed by atoms with E-state index in [1.807, 2.05) is 25.0 Å². The average molecular weight is 255 g/mol. The molecule has 0 aliphatic heterocycles. The number of thioether (sulfide) groups is 1. The fourth-order valence-corrected chi connectivity index (χ4v) is 2.76. The fraction of sp³-hybridized carbons (Fsp3) is 0.769. The summed E-state index contributed by atoms with van der Waals surface area (Å²) in [5.41, 5.74) is 0. The Bertz CT molecular complexity index is 311. The Balaban J connectivity index is 2.46. The largest absolute Gasteiger partial charge is 0.335 e. The van der Waals surface area contributed by atoms with Crippen molar-refractivity contribution in [3.05, 3.63) is 18.2 Å². The van der Waals surface area contributed by atoms with Gasteiger partial charge in [-0.3, -0.25) is 0 Å². The number of aromatic nitrogens is 2. The van der Waals surface area contributed by atoms with Gasteiger partial charge in [0.15, 0.2) is 0 Å². The van der Waals surface area contributed by atoms with E-state index in [-0.39, 0.29) is 0 Å². The van der Waals surface area contributed by atoms with Crippen molar-refractivity contribution in [3.8, 4) is 0 Å². The van der Waals surface area contributed by atoms with Gasteiger partial charge in [-0.1, -0.05) is 13.8 Å². The summed E-state index contributed by atoms with van der Waals surface area (Å²) < 4.78 is 2.22. The number of aryl methyl sites for hydroxylation is 1. The lowest BCUT2D eigenvalue weighted by molar-refractivity contribution is 0.572. The molecule has 0 saturated carbocycles. The zero-order chi connectivity index (χ0) is 12.7. The van der Waals surface area contributed by atoms with Crippen molar-refractivity contribution >= 4 is 11.8 Å². The van der Waals surface area contributed by atoms with Gasteiger partial charge in [0, 0.05) is 42.4 Å². The highest BCUT2D eigenvalue weighted by Gasteiger charge is 2.12. The molecule has 1 aromatic heterocycles. The highest BCUT2D eigenvalue weighted by molar-refractivity contribution is 7.99. The van der Waals surface area contributed by atoms with E-state index in [2.05, 4.69) is 41.8 Å². The van der Waals surface area contributed by atoms with Crippen LogP contribution in [0.4, 0.5) is 0 Å². The van der Waals surface area contributed by atoms with Crippen molar-refractivity contribution in [1.82, 2.24) is 14.9 Å². The van der Waals surface area contributed by atoms with Crippen LogP contribution in [0.2, 0.25) is 0 Å². The first-order valence-corrected chi connectivity index (χ1v) is 7.54. The molecular weight excluding hydrogens is 230 g/mol. The zero-order valence-electron chi connectivity index (χ0n) is 11.4. The fourth-order valence-electron chi connectivity index (χ4n) is 1.68. The van der Waals surface area contributed by atoms with E-state index in [0.29, 0.717) is 6.04 Å². The van der Waals surface area contributed by atoms with E-state index < -0.39 is 0 Å². The Labute approximate surface area is 109 Å². The first kappa shape index (κ1) is 14.6. The molecule has 0 aromatic carbocycles. The van der Waals surface area contributed by atoms with Crippen molar-refractivity contribution in [2.24, 2.45) is 0 Å². The smallest absolute Gasteiger partial charge is 0.110 e. The van der Waals surface area contributed by atoms with Crippen molar-refractivity contribution in [3.63, 3.8) is 0 Å². The number of hydrogen-bond acceptors (Lipinski definition) is 3. The summed E-state index contributed by atoms with van der Waals surface area (Å²) in [4.78, 5) is 4.44.